The van der Waals surface area contributed by atoms with Gasteiger partial charge in [-0.3, -0.25) is 4.98 Å². The quantitative estimate of drug-likeness (QED) is 0.597. The molecule has 0 saturated carbocycles. The van der Waals surface area contributed by atoms with E-state index in [0.29, 0.717) is 6.20 Å². The van der Waals surface area contributed by atoms with Gasteiger partial charge in [-0.1, -0.05) is 0 Å². The van der Waals surface area contributed by atoms with Crippen LogP contribution in [0.5, 0.6) is 5.75 Å². The number of nitriles is 1. The highest BCUT2D eigenvalue weighted by atomic mass is 127. The van der Waals surface area contributed by atoms with Gasteiger partial charge in [-0.05, 0) is 22.6 Å². The molecule has 0 bridgehead atoms. The highest BCUT2D eigenvalue weighted by molar-refractivity contribution is 14.1. The maximum Gasteiger partial charge on any atom is 0.573 e. The number of nitrogens with zero attached hydrogens (tertiary/aromatic N) is 2. The number of hydrogen-bond donors (Lipinski definition) is 0. The Hall–Kier alpha value is -1.18. The predicted molar refractivity (Wildman–Crippen MR) is 53.3 cm³/mol. The number of hydrogen-bond acceptors (Lipinski definition) is 3. The van der Waals surface area contributed by atoms with Crippen molar-refractivity contribution in [2.45, 2.75) is 12.8 Å². The third-order valence-electron chi connectivity index (χ3n) is 1.56. The zero-order valence-corrected chi connectivity index (χ0v) is 9.88. The molecule has 3 nitrogen and oxygen atoms in total. The van der Waals surface area contributed by atoms with Gasteiger partial charge in [0.15, 0.2) is 5.75 Å². The summed E-state index contributed by atoms with van der Waals surface area (Å²) < 4.78 is 63.7. The minimum atomic E-state index is -5.01. The Kier molecular flexibility index (Phi) is 4.07. The third kappa shape index (κ3) is 3.39. The van der Waals surface area contributed by atoms with Gasteiger partial charge < -0.3 is 4.74 Å². The Morgan fingerprint density at radius 2 is 2.00 bits per heavy atom. The van der Waals surface area contributed by atoms with Crippen LogP contribution in [0.15, 0.2) is 6.20 Å². The second kappa shape index (κ2) is 4.99. The molecule has 0 spiro atoms. The van der Waals surface area contributed by atoms with Gasteiger partial charge in [-0.25, -0.2) is 8.78 Å². The van der Waals surface area contributed by atoms with Crippen LogP contribution in [0.3, 0.4) is 0 Å². The summed E-state index contributed by atoms with van der Waals surface area (Å²) in [4.78, 5) is 3.14. The van der Waals surface area contributed by atoms with Crippen LogP contribution in [-0.4, -0.2) is 11.3 Å². The summed E-state index contributed by atoms with van der Waals surface area (Å²) in [5.74, 6) is -0.895. The number of alkyl halides is 5. The summed E-state index contributed by atoms with van der Waals surface area (Å²) in [7, 11) is 0. The topological polar surface area (TPSA) is 45.9 Å². The van der Waals surface area contributed by atoms with Gasteiger partial charge in [0, 0.05) is 0 Å². The summed E-state index contributed by atoms with van der Waals surface area (Å²) in [6.45, 7) is 0. The zero-order valence-electron chi connectivity index (χ0n) is 7.73. The molecular weight excluding hydrogens is 362 g/mol. The predicted octanol–water partition coefficient (Wildman–Crippen LogP) is 3.39. The molecule has 0 aromatic carbocycles. The first-order valence-electron chi connectivity index (χ1n) is 3.88. The Morgan fingerprint density at radius 3 is 2.41 bits per heavy atom. The standard InChI is InChI=1S/C8H2F5IN2O/c9-7(10)6-5(14)3(1-15)4(2-16-6)17-8(11,12)13/h2,7H. The normalized spacial score (nSPS) is 11.4. The molecule has 0 fully saturated rings. The lowest BCUT2D eigenvalue weighted by molar-refractivity contribution is -0.274. The van der Waals surface area contributed by atoms with Crippen molar-refractivity contribution in [2.24, 2.45) is 0 Å². The zero-order chi connectivity index (χ0) is 13.2. The van der Waals surface area contributed by atoms with Crippen molar-refractivity contribution in [2.75, 3.05) is 0 Å². The molecule has 0 atom stereocenters. The van der Waals surface area contributed by atoms with E-state index in [2.05, 4.69) is 9.72 Å². The van der Waals surface area contributed by atoms with Gasteiger partial charge in [0.1, 0.15) is 17.3 Å². The second-order valence-corrected chi connectivity index (χ2v) is 3.74. The average Bonchev–Trinajstić information content (AvgIpc) is 2.15. The van der Waals surface area contributed by atoms with Gasteiger partial charge in [-0.15, -0.1) is 13.2 Å². The summed E-state index contributed by atoms with van der Waals surface area (Å²) in [5, 5.41) is 8.63. The van der Waals surface area contributed by atoms with Crippen molar-refractivity contribution in [3.8, 4) is 11.8 Å². The number of ether oxygens (including phenoxy) is 1. The largest absolute Gasteiger partial charge is 0.573 e. The van der Waals surface area contributed by atoms with Gasteiger partial charge in [0.05, 0.1) is 9.77 Å². The van der Waals surface area contributed by atoms with Crippen LogP contribution < -0.4 is 4.74 Å². The Balaban J connectivity index is 3.28. The Labute approximate surface area is 105 Å². The van der Waals surface area contributed by atoms with Crippen molar-refractivity contribution < 1.29 is 26.7 Å². The molecule has 0 N–H and O–H groups in total. The van der Waals surface area contributed by atoms with E-state index in [-0.39, 0.29) is 3.57 Å². The van der Waals surface area contributed by atoms with Crippen LogP contribution in [0.1, 0.15) is 17.7 Å². The summed E-state index contributed by atoms with van der Waals surface area (Å²) in [5.41, 5.74) is -1.37. The van der Waals surface area contributed by atoms with Crippen LogP contribution in [0.4, 0.5) is 22.0 Å². The molecule has 1 heterocycles. The number of aromatic nitrogens is 1. The smallest absolute Gasteiger partial charge is 0.403 e. The van der Waals surface area contributed by atoms with Crippen molar-refractivity contribution in [1.82, 2.24) is 4.98 Å². The monoisotopic (exact) mass is 364 g/mol. The lowest BCUT2D eigenvalue weighted by atomic mass is 10.2. The van der Waals surface area contributed by atoms with Gasteiger partial charge >= 0.3 is 6.36 Å². The number of pyridine rings is 1. The first kappa shape index (κ1) is 13.9. The van der Waals surface area contributed by atoms with Gasteiger partial charge in [-0.2, -0.15) is 5.26 Å². The fraction of sp³-hybridized carbons (Fsp3) is 0.250. The van der Waals surface area contributed by atoms with E-state index in [0.717, 1.165) is 0 Å². The van der Waals surface area contributed by atoms with Crippen LogP contribution >= 0.6 is 22.6 Å². The van der Waals surface area contributed by atoms with E-state index < -0.39 is 29.8 Å². The molecular formula is C8H2F5IN2O. The second-order valence-electron chi connectivity index (χ2n) is 2.66. The van der Waals surface area contributed by atoms with Crippen molar-refractivity contribution in [1.29, 1.82) is 5.26 Å². The van der Waals surface area contributed by atoms with E-state index >= 15 is 0 Å². The summed E-state index contributed by atoms with van der Waals surface area (Å²) in [6.07, 6.45) is -7.53. The SMILES string of the molecule is N#Cc1c(OC(F)(F)F)cnc(C(F)F)c1I. The van der Waals surface area contributed by atoms with E-state index in [1.807, 2.05) is 0 Å². The van der Waals surface area contributed by atoms with E-state index in [1.165, 1.54) is 28.7 Å². The first-order chi connectivity index (χ1) is 7.76. The Bertz CT molecular complexity index is 468. The minimum Gasteiger partial charge on any atom is -0.403 e. The van der Waals surface area contributed by atoms with Crippen LogP contribution in [-0.2, 0) is 0 Å². The maximum atomic E-state index is 12.4. The first-order valence-corrected chi connectivity index (χ1v) is 4.96. The van der Waals surface area contributed by atoms with Crippen molar-refractivity contribution in [3.05, 3.63) is 21.0 Å². The summed E-state index contributed by atoms with van der Waals surface area (Å²) in [6, 6.07) is 1.38. The van der Waals surface area contributed by atoms with Crippen molar-refractivity contribution in [3.63, 3.8) is 0 Å². The molecule has 17 heavy (non-hydrogen) atoms. The van der Waals surface area contributed by atoms with Crippen LogP contribution in [0, 0.1) is 14.9 Å². The van der Waals surface area contributed by atoms with E-state index in [9.17, 15) is 22.0 Å². The molecule has 1 aromatic rings. The molecule has 0 saturated heterocycles. The Morgan fingerprint density at radius 1 is 1.41 bits per heavy atom. The average molecular weight is 364 g/mol. The molecule has 0 radical (unpaired) electrons. The molecule has 0 aliphatic heterocycles. The molecule has 1 aromatic heterocycles. The van der Waals surface area contributed by atoms with Gasteiger partial charge in [0.2, 0.25) is 0 Å². The highest BCUT2D eigenvalue weighted by Gasteiger charge is 2.33. The summed E-state index contributed by atoms with van der Waals surface area (Å²) >= 11 is 1.32. The van der Waals surface area contributed by atoms with Crippen molar-refractivity contribution >= 4 is 22.6 Å². The minimum absolute atomic E-state index is 0.359. The van der Waals surface area contributed by atoms with Gasteiger partial charge in [0.25, 0.3) is 6.43 Å². The molecule has 9 heteroatoms. The molecule has 0 aliphatic rings. The van der Waals surface area contributed by atoms with Crippen LogP contribution in [0.25, 0.3) is 0 Å². The molecule has 92 valence electrons. The molecule has 1 rings (SSSR count). The molecule has 0 aliphatic carbocycles. The number of halogens is 6. The fourth-order valence-electron chi connectivity index (χ4n) is 0.944. The van der Waals surface area contributed by atoms with Crippen LogP contribution in [0.2, 0.25) is 0 Å². The van der Waals surface area contributed by atoms with E-state index in [4.69, 9.17) is 5.26 Å². The third-order valence-corrected chi connectivity index (χ3v) is 2.65. The lowest BCUT2D eigenvalue weighted by Crippen LogP contribution is -2.18. The lowest BCUT2D eigenvalue weighted by Gasteiger charge is -2.12. The van der Waals surface area contributed by atoms with E-state index in [1.54, 1.807) is 0 Å². The number of rotatable bonds is 2. The molecule has 0 unspecified atom stereocenters. The highest BCUT2D eigenvalue weighted by Crippen LogP contribution is 2.32. The maximum absolute atomic E-state index is 12.4. The fourth-order valence-corrected chi connectivity index (χ4v) is 1.71. The molecule has 0 amide bonds.